The highest BCUT2D eigenvalue weighted by Crippen LogP contribution is 2.03. The van der Waals surface area contributed by atoms with E-state index in [-0.39, 0.29) is 18.4 Å². The van der Waals surface area contributed by atoms with E-state index in [2.05, 4.69) is 15.6 Å². The number of anilines is 1. The van der Waals surface area contributed by atoms with Crippen LogP contribution in [0.5, 0.6) is 0 Å². The number of nitrogens with one attached hydrogen (secondary N) is 3. The monoisotopic (exact) mass is 210 g/mol. The minimum absolute atomic E-state index is 0.0361. The van der Waals surface area contributed by atoms with Gasteiger partial charge in [-0.2, -0.15) is 0 Å². The Morgan fingerprint density at radius 2 is 2.20 bits per heavy atom. The van der Waals surface area contributed by atoms with Gasteiger partial charge in [0.2, 0.25) is 5.91 Å². The van der Waals surface area contributed by atoms with Crippen molar-refractivity contribution in [3.05, 3.63) is 18.0 Å². The summed E-state index contributed by atoms with van der Waals surface area (Å²) >= 11 is 0. The molecule has 0 aliphatic heterocycles. The van der Waals surface area contributed by atoms with Crippen molar-refractivity contribution in [2.24, 2.45) is 0 Å². The van der Waals surface area contributed by atoms with Gasteiger partial charge >= 0.3 is 0 Å². The Kier molecular flexibility index (Phi) is 3.73. The number of aromatic nitrogens is 1. The molecule has 82 valence electrons. The fraction of sp³-hybridized carbons (Fsp3) is 0.333. The highest BCUT2D eigenvalue weighted by Gasteiger charge is 2.08. The number of amides is 2. The molecule has 0 aliphatic carbocycles. The Labute approximate surface area is 87.2 Å². The van der Waals surface area contributed by atoms with Crippen LogP contribution < -0.4 is 16.4 Å². The second-order valence-corrected chi connectivity index (χ2v) is 2.98. The molecule has 6 heteroatoms. The fourth-order valence-corrected chi connectivity index (χ4v) is 1.06. The largest absolute Gasteiger partial charge is 0.397 e. The molecular formula is C9H14N4O2. The molecule has 0 atom stereocenters. The van der Waals surface area contributed by atoms with Crippen LogP contribution in [0.4, 0.5) is 5.69 Å². The minimum Gasteiger partial charge on any atom is -0.397 e. The maximum atomic E-state index is 11.4. The molecule has 1 rings (SSSR count). The van der Waals surface area contributed by atoms with Crippen molar-refractivity contribution < 1.29 is 9.59 Å². The lowest BCUT2D eigenvalue weighted by Gasteiger charge is -2.03. The number of carbonyl (C=O) groups excluding carboxylic acids is 2. The molecule has 0 unspecified atom stereocenters. The zero-order valence-corrected chi connectivity index (χ0v) is 8.46. The zero-order chi connectivity index (χ0) is 11.3. The first-order chi connectivity index (χ1) is 7.13. The fourth-order valence-electron chi connectivity index (χ4n) is 1.06. The van der Waals surface area contributed by atoms with E-state index in [0.29, 0.717) is 17.9 Å². The molecule has 2 amide bonds. The van der Waals surface area contributed by atoms with Crippen molar-refractivity contribution in [2.75, 3.05) is 18.8 Å². The number of hydrogen-bond donors (Lipinski definition) is 4. The number of nitrogens with two attached hydrogens (primary N) is 1. The Morgan fingerprint density at radius 1 is 1.47 bits per heavy atom. The van der Waals surface area contributed by atoms with E-state index in [1.54, 1.807) is 0 Å². The van der Waals surface area contributed by atoms with Gasteiger partial charge in [-0.25, -0.2) is 0 Å². The lowest BCUT2D eigenvalue weighted by atomic mass is 10.4. The van der Waals surface area contributed by atoms with E-state index < -0.39 is 0 Å². The van der Waals surface area contributed by atoms with Gasteiger partial charge in [0.25, 0.3) is 5.91 Å². The molecule has 0 saturated heterocycles. The Bertz CT molecular complexity index is 359. The smallest absolute Gasteiger partial charge is 0.268 e. The van der Waals surface area contributed by atoms with E-state index >= 15 is 0 Å². The number of carbonyl (C=O) groups is 2. The summed E-state index contributed by atoms with van der Waals surface area (Å²) in [5, 5.41) is 5.03. The summed E-state index contributed by atoms with van der Waals surface area (Å²) in [6.07, 6.45) is 1.51. The predicted octanol–water partition coefficient (Wildman–Crippen LogP) is -0.537. The van der Waals surface area contributed by atoms with Crippen LogP contribution in [0.2, 0.25) is 0 Å². The molecule has 0 spiro atoms. The summed E-state index contributed by atoms with van der Waals surface area (Å²) in [4.78, 5) is 25.1. The lowest BCUT2D eigenvalue weighted by Crippen LogP contribution is -2.36. The average Bonchev–Trinajstić information content (AvgIpc) is 2.62. The third kappa shape index (κ3) is 3.34. The summed E-state index contributed by atoms with van der Waals surface area (Å²) in [5.74, 6) is -0.566. The summed E-state index contributed by atoms with van der Waals surface area (Å²) in [6.45, 7) is 2.32. The predicted molar refractivity (Wildman–Crippen MR) is 56.2 cm³/mol. The third-order valence-electron chi connectivity index (χ3n) is 1.73. The summed E-state index contributed by atoms with van der Waals surface area (Å²) in [7, 11) is 0. The first-order valence-corrected chi connectivity index (χ1v) is 4.62. The number of likely N-dealkylation sites (N-methyl/N-ethyl adjacent to an activating group) is 1. The van der Waals surface area contributed by atoms with Crippen molar-refractivity contribution in [3.8, 4) is 0 Å². The van der Waals surface area contributed by atoms with Crippen LogP contribution in [0.15, 0.2) is 12.3 Å². The Balaban J connectivity index is 2.40. The number of aromatic amines is 1. The van der Waals surface area contributed by atoms with Crippen LogP contribution in [0.1, 0.15) is 17.4 Å². The molecule has 1 heterocycles. The van der Waals surface area contributed by atoms with Crippen LogP contribution in [0.3, 0.4) is 0 Å². The van der Waals surface area contributed by atoms with Crippen molar-refractivity contribution in [2.45, 2.75) is 6.92 Å². The normalized spacial score (nSPS) is 9.67. The molecule has 0 saturated carbocycles. The van der Waals surface area contributed by atoms with Gasteiger partial charge in [-0.15, -0.1) is 0 Å². The van der Waals surface area contributed by atoms with Gasteiger partial charge in [0.1, 0.15) is 5.69 Å². The van der Waals surface area contributed by atoms with Gasteiger partial charge in [-0.05, 0) is 13.0 Å². The van der Waals surface area contributed by atoms with Gasteiger partial charge in [-0.1, -0.05) is 0 Å². The number of rotatable bonds is 4. The van der Waals surface area contributed by atoms with Gasteiger partial charge in [-0.3, -0.25) is 9.59 Å². The van der Waals surface area contributed by atoms with Crippen LogP contribution in [0.25, 0.3) is 0 Å². The number of H-pyrrole nitrogens is 1. The summed E-state index contributed by atoms with van der Waals surface area (Å²) < 4.78 is 0. The Hall–Kier alpha value is -1.98. The molecular weight excluding hydrogens is 196 g/mol. The molecule has 6 nitrogen and oxygen atoms in total. The topological polar surface area (TPSA) is 100 Å². The SMILES string of the molecule is CCNC(=O)CNC(=O)c1cc(N)c[nH]1. The van der Waals surface area contributed by atoms with E-state index in [1.807, 2.05) is 6.92 Å². The molecule has 15 heavy (non-hydrogen) atoms. The van der Waals surface area contributed by atoms with Crippen LogP contribution >= 0.6 is 0 Å². The van der Waals surface area contributed by atoms with Crippen molar-refractivity contribution in [1.29, 1.82) is 0 Å². The molecule has 0 fully saturated rings. The second kappa shape index (κ2) is 5.04. The molecule has 0 bridgehead atoms. The second-order valence-electron chi connectivity index (χ2n) is 2.98. The quantitative estimate of drug-likeness (QED) is 0.537. The molecule has 0 aromatic carbocycles. The maximum absolute atomic E-state index is 11.4. The lowest BCUT2D eigenvalue weighted by molar-refractivity contribution is -0.120. The maximum Gasteiger partial charge on any atom is 0.268 e. The molecule has 1 aromatic rings. The highest BCUT2D eigenvalue weighted by atomic mass is 16.2. The van der Waals surface area contributed by atoms with E-state index in [1.165, 1.54) is 12.3 Å². The number of hydrogen-bond acceptors (Lipinski definition) is 3. The van der Waals surface area contributed by atoms with Gasteiger partial charge in [0.15, 0.2) is 0 Å². The van der Waals surface area contributed by atoms with Gasteiger partial charge < -0.3 is 21.4 Å². The van der Waals surface area contributed by atoms with Crippen LogP contribution in [-0.2, 0) is 4.79 Å². The summed E-state index contributed by atoms with van der Waals surface area (Å²) in [6, 6.07) is 1.51. The van der Waals surface area contributed by atoms with Crippen LogP contribution in [-0.4, -0.2) is 29.9 Å². The molecule has 0 aliphatic rings. The average molecular weight is 210 g/mol. The minimum atomic E-state index is -0.349. The van der Waals surface area contributed by atoms with Crippen molar-refractivity contribution >= 4 is 17.5 Å². The standard InChI is InChI=1S/C9H14N4O2/c1-2-11-8(14)5-13-9(15)7-3-6(10)4-12-7/h3-4,12H,2,5,10H2,1H3,(H,11,14)(H,13,15). The highest BCUT2D eigenvalue weighted by molar-refractivity contribution is 5.95. The van der Waals surface area contributed by atoms with Gasteiger partial charge in [0, 0.05) is 18.4 Å². The molecule has 1 aromatic heterocycles. The summed E-state index contributed by atoms with van der Waals surface area (Å²) in [5.41, 5.74) is 6.26. The van der Waals surface area contributed by atoms with E-state index in [0.717, 1.165) is 0 Å². The molecule has 0 radical (unpaired) electrons. The van der Waals surface area contributed by atoms with Crippen molar-refractivity contribution in [3.63, 3.8) is 0 Å². The zero-order valence-electron chi connectivity index (χ0n) is 8.46. The first kappa shape index (κ1) is 11.1. The van der Waals surface area contributed by atoms with Crippen LogP contribution in [0, 0.1) is 0 Å². The van der Waals surface area contributed by atoms with E-state index in [9.17, 15) is 9.59 Å². The Morgan fingerprint density at radius 3 is 2.73 bits per heavy atom. The van der Waals surface area contributed by atoms with E-state index in [4.69, 9.17) is 5.73 Å². The molecule has 5 N–H and O–H groups in total. The third-order valence-corrected chi connectivity index (χ3v) is 1.73. The number of nitrogen functional groups attached to an aromatic ring is 1. The first-order valence-electron chi connectivity index (χ1n) is 4.62. The van der Waals surface area contributed by atoms with Gasteiger partial charge in [0.05, 0.1) is 6.54 Å². The van der Waals surface area contributed by atoms with Crippen molar-refractivity contribution in [1.82, 2.24) is 15.6 Å².